The summed E-state index contributed by atoms with van der Waals surface area (Å²) in [6, 6.07) is 24.0. The van der Waals surface area contributed by atoms with E-state index in [-0.39, 0.29) is 57.2 Å². The second-order valence-corrected chi connectivity index (χ2v) is 17.5. The summed E-state index contributed by atoms with van der Waals surface area (Å²) in [5.41, 5.74) is 3.72. The van der Waals surface area contributed by atoms with E-state index >= 15 is 0 Å². The quantitative estimate of drug-likeness (QED) is 0.0538. The number of benzene rings is 3. The highest BCUT2D eigenvalue weighted by Crippen LogP contribution is 2.62. The molecule has 1 heterocycles. The van der Waals surface area contributed by atoms with E-state index in [1.54, 1.807) is 25.3 Å². The number of ether oxygens (including phenoxy) is 5. The van der Waals surface area contributed by atoms with Gasteiger partial charge in [0.15, 0.2) is 0 Å². The molecule has 6 rings (SSSR count). The van der Waals surface area contributed by atoms with E-state index in [4.69, 9.17) is 33.7 Å². The molecule has 3 aromatic rings. The van der Waals surface area contributed by atoms with Crippen LogP contribution in [0.4, 0.5) is 9.59 Å². The van der Waals surface area contributed by atoms with Gasteiger partial charge in [0.05, 0.1) is 31.5 Å². The molecule has 0 radical (unpaired) electrons. The van der Waals surface area contributed by atoms with E-state index in [9.17, 15) is 19.8 Å². The van der Waals surface area contributed by atoms with Crippen LogP contribution >= 0.6 is 0 Å². The molecule has 6 atom stereocenters. The van der Waals surface area contributed by atoms with Crippen molar-refractivity contribution >= 4 is 17.9 Å². The molecule has 13 nitrogen and oxygen atoms in total. The van der Waals surface area contributed by atoms with Crippen LogP contribution in [-0.4, -0.2) is 90.5 Å². The number of allylic oxidation sites excluding steroid dienone is 1. The Hall–Kier alpha value is -5.21. The fourth-order valence-electron chi connectivity index (χ4n) is 9.08. The summed E-state index contributed by atoms with van der Waals surface area (Å²) in [4.78, 5) is 35.1. The van der Waals surface area contributed by atoms with Gasteiger partial charge in [0, 0.05) is 44.7 Å². The van der Waals surface area contributed by atoms with E-state index in [1.165, 1.54) is 4.90 Å². The van der Waals surface area contributed by atoms with Gasteiger partial charge < -0.3 is 49.0 Å². The number of oxime groups is 1. The van der Waals surface area contributed by atoms with Crippen molar-refractivity contribution in [3.05, 3.63) is 120 Å². The SMILES string of the molecule is C=CCO[C@@]12Oc3ccc(OC(=O)NCc4ccccc4)cc3[C@H]3[C@H](CCCCO)[C@@H](CCCCO)C=C(C(=NOC(C)(C)C)C[C@@H]1N(C)C(=O)OCCOCc1ccccc1)[C@H]32. The number of nitrogens with zero attached hydrogens (tertiary/aromatic N) is 2. The minimum absolute atomic E-state index is 0.0111. The van der Waals surface area contributed by atoms with Gasteiger partial charge >= 0.3 is 12.2 Å². The van der Waals surface area contributed by atoms with Crippen LogP contribution in [0.5, 0.6) is 11.5 Å². The molecule has 340 valence electrons. The molecule has 3 aromatic carbocycles. The Morgan fingerprint density at radius 2 is 1.65 bits per heavy atom. The smallest absolute Gasteiger partial charge is 0.412 e. The molecular formula is C50H65N3O10. The topological polar surface area (TPSA) is 158 Å². The Morgan fingerprint density at radius 1 is 0.952 bits per heavy atom. The molecule has 2 aliphatic carbocycles. The van der Waals surface area contributed by atoms with Gasteiger partial charge in [0.2, 0.25) is 5.79 Å². The van der Waals surface area contributed by atoms with Crippen LogP contribution in [0.25, 0.3) is 0 Å². The molecule has 1 fully saturated rings. The van der Waals surface area contributed by atoms with Gasteiger partial charge in [0.1, 0.15) is 29.7 Å². The van der Waals surface area contributed by atoms with Crippen molar-refractivity contribution in [3.8, 4) is 11.5 Å². The van der Waals surface area contributed by atoms with Crippen molar-refractivity contribution in [2.75, 3.05) is 40.1 Å². The lowest BCUT2D eigenvalue weighted by Gasteiger charge is -2.59. The van der Waals surface area contributed by atoms with Crippen molar-refractivity contribution < 1.29 is 48.3 Å². The van der Waals surface area contributed by atoms with Crippen molar-refractivity contribution in [2.24, 2.45) is 22.9 Å². The first kappa shape index (κ1) is 47.3. The van der Waals surface area contributed by atoms with Gasteiger partial charge in [-0.1, -0.05) is 90.8 Å². The molecule has 0 aromatic heterocycles. The fourth-order valence-corrected chi connectivity index (χ4v) is 9.08. The number of carbonyl (C=O) groups excluding carboxylic acids is 2. The molecule has 13 heteroatoms. The van der Waals surface area contributed by atoms with Crippen LogP contribution in [0.3, 0.4) is 0 Å². The molecule has 2 amide bonds. The number of unbranched alkanes of at least 4 members (excludes halogenated alkanes) is 2. The summed E-state index contributed by atoms with van der Waals surface area (Å²) in [6.45, 7) is 11.0. The molecule has 63 heavy (non-hydrogen) atoms. The monoisotopic (exact) mass is 867 g/mol. The second-order valence-electron chi connectivity index (χ2n) is 17.5. The predicted molar refractivity (Wildman–Crippen MR) is 240 cm³/mol. The Bertz CT molecular complexity index is 2020. The summed E-state index contributed by atoms with van der Waals surface area (Å²) < 4.78 is 31.7. The average molecular weight is 868 g/mol. The van der Waals surface area contributed by atoms with Crippen LogP contribution < -0.4 is 14.8 Å². The summed E-state index contributed by atoms with van der Waals surface area (Å²) in [5, 5.41) is 27.5. The van der Waals surface area contributed by atoms with Gasteiger partial charge in [-0.3, -0.25) is 0 Å². The Balaban J connectivity index is 1.42. The van der Waals surface area contributed by atoms with Crippen molar-refractivity contribution in [1.82, 2.24) is 10.2 Å². The van der Waals surface area contributed by atoms with Crippen molar-refractivity contribution in [2.45, 2.75) is 102 Å². The van der Waals surface area contributed by atoms with Crippen LogP contribution in [0, 0.1) is 17.8 Å². The Labute approximate surface area is 372 Å². The van der Waals surface area contributed by atoms with E-state index in [1.807, 2.05) is 87.5 Å². The lowest BCUT2D eigenvalue weighted by molar-refractivity contribution is -0.253. The third kappa shape index (κ3) is 12.1. The van der Waals surface area contributed by atoms with Crippen molar-refractivity contribution in [3.63, 3.8) is 0 Å². The van der Waals surface area contributed by atoms with Crippen LogP contribution in [-0.2, 0) is 32.2 Å². The number of aliphatic hydroxyl groups excluding tert-OH is 2. The van der Waals surface area contributed by atoms with Crippen molar-refractivity contribution in [1.29, 1.82) is 0 Å². The maximum atomic E-state index is 14.1. The Kier molecular flexibility index (Phi) is 16.8. The first-order valence-corrected chi connectivity index (χ1v) is 22.3. The van der Waals surface area contributed by atoms with Crippen LogP contribution in [0.1, 0.15) is 88.3 Å². The first-order chi connectivity index (χ1) is 30.5. The summed E-state index contributed by atoms with van der Waals surface area (Å²) in [7, 11) is 1.69. The zero-order valence-corrected chi connectivity index (χ0v) is 37.2. The standard InChI is InChI=1S/C50H65N3O10/c1-6-27-60-50-44(53(5)48(57)59-29-28-58-34-36-19-11-8-12-20-36)32-42(52-63-49(2,3)4)40-30-37(21-13-15-25-54)39(22-14-16-26-55)45(46(40)50)41-31-38(23-24-43(41)62-50)61-47(56)51-33-35-17-9-7-10-18-35/h6-12,17-20,23-24,30-31,37,39,44-46,54-55H,1,13-16,21-22,25-29,32-34H2,2-5H3,(H,51,56)/t37-,39+,44-,45+,46+,50+/m0/s1. The second kappa shape index (κ2) is 22.4. The maximum absolute atomic E-state index is 14.1. The summed E-state index contributed by atoms with van der Waals surface area (Å²) in [5.74, 6) is -1.40. The summed E-state index contributed by atoms with van der Waals surface area (Å²) in [6.07, 6.45) is 7.37. The van der Waals surface area contributed by atoms with Gasteiger partial charge in [-0.2, -0.15) is 0 Å². The van der Waals surface area contributed by atoms with Gasteiger partial charge in [-0.25, -0.2) is 9.59 Å². The largest absolute Gasteiger partial charge is 0.459 e. The van der Waals surface area contributed by atoms with Crippen LogP contribution in [0.15, 0.2) is 108 Å². The molecule has 0 unspecified atom stereocenters. The third-order valence-electron chi connectivity index (χ3n) is 11.9. The highest BCUT2D eigenvalue weighted by atomic mass is 16.7. The van der Waals surface area contributed by atoms with Gasteiger partial charge in [-0.05, 0) is 93.2 Å². The summed E-state index contributed by atoms with van der Waals surface area (Å²) >= 11 is 0. The predicted octanol–water partition coefficient (Wildman–Crippen LogP) is 8.69. The number of rotatable bonds is 21. The highest BCUT2D eigenvalue weighted by molar-refractivity contribution is 6.03. The number of likely N-dealkylation sites (N-methyl/N-ethyl adjacent to an activating group) is 1. The zero-order chi connectivity index (χ0) is 44.8. The molecule has 0 bridgehead atoms. The lowest BCUT2D eigenvalue weighted by atomic mass is 9.55. The molecule has 0 spiro atoms. The minimum atomic E-state index is -1.46. The fraction of sp³-hybridized carbons (Fsp3) is 0.500. The molecule has 1 saturated carbocycles. The van der Waals surface area contributed by atoms with Crippen LogP contribution in [0.2, 0.25) is 0 Å². The van der Waals surface area contributed by atoms with Gasteiger partial charge in [-0.15, -0.1) is 6.58 Å². The van der Waals surface area contributed by atoms with E-state index in [2.05, 4.69) is 18.0 Å². The number of aliphatic hydroxyl groups is 2. The minimum Gasteiger partial charge on any atom is -0.459 e. The number of carbonyl (C=O) groups is 2. The van der Waals surface area contributed by atoms with E-state index in [0.29, 0.717) is 43.2 Å². The molecule has 3 N–H and O–H groups in total. The van der Waals surface area contributed by atoms with Gasteiger partial charge in [0.25, 0.3) is 0 Å². The van der Waals surface area contributed by atoms with E-state index in [0.717, 1.165) is 47.9 Å². The number of hydrogen-bond acceptors (Lipinski definition) is 11. The molecule has 0 saturated heterocycles. The average Bonchev–Trinajstić information content (AvgIpc) is 3.28. The number of nitrogens with one attached hydrogen (secondary N) is 1. The molecular weight excluding hydrogens is 803 g/mol. The number of fused-ring (bicyclic) bond motifs is 2. The number of hydrogen-bond donors (Lipinski definition) is 3. The maximum Gasteiger partial charge on any atom is 0.412 e. The number of amides is 2. The molecule has 1 aliphatic heterocycles. The lowest BCUT2D eigenvalue weighted by Crippen LogP contribution is -2.69. The first-order valence-electron chi connectivity index (χ1n) is 22.3. The third-order valence-corrected chi connectivity index (χ3v) is 11.9. The Morgan fingerprint density at radius 3 is 2.33 bits per heavy atom. The molecule has 3 aliphatic rings. The normalized spacial score (nSPS) is 23.0. The van der Waals surface area contributed by atoms with E-state index < -0.39 is 35.5 Å². The zero-order valence-electron chi connectivity index (χ0n) is 37.2. The highest BCUT2D eigenvalue weighted by Gasteiger charge is 2.65.